The molecule has 0 saturated heterocycles. The molecule has 0 aliphatic rings. The zero-order chi connectivity index (χ0) is 15.0. The molecule has 6 heteroatoms. The average molecular weight is 305 g/mol. The SMILES string of the molecule is O=C(O)c1nn(Cc2cccc(Cl)c2F)c2ccccc12. The topological polar surface area (TPSA) is 55.1 Å². The number of para-hydroxylation sites is 1. The summed E-state index contributed by atoms with van der Waals surface area (Å²) in [6.45, 7) is 0.111. The summed E-state index contributed by atoms with van der Waals surface area (Å²) in [5.74, 6) is -1.63. The van der Waals surface area contributed by atoms with Gasteiger partial charge in [0, 0.05) is 10.9 Å². The van der Waals surface area contributed by atoms with E-state index in [0.717, 1.165) is 0 Å². The van der Waals surface area contributed by atoms with Crippen molar-refractivity contribution in [1.29, 1.82) is 0 Å². The van der Waals surface area contributed by atoms with Gasteiger partial charge in [0.2, 0.25) is 0 Å². The van der Waals surface area contributed by atoms with E-state index in [2.05, 4.69) is 5.10 Å². The van der Waals surface area contributed by atoms with Crippen molar-refractivity contribution < 1.29 is 14.3 Å². The lowest BCUT2D eigenvalue weighted by Crippen LogP contribution is -2.06. The van der Waals surface area contributed by atoms with Gasteiger partial charge in [0.05, 0.1) is 17.1 Å². The largest absolute Gasteiger partial charge is 0.476 e. The van der Waals surface area contributed by atoms with E-state index in [1.54, 1.807) is 36.4 Å². The number of carboxylic acid groups (broad SMARTS) is 1. The molecule has 0 atom stereocenters. The van der Waals surface area contributed by atoms with Gasteiger partial charge >= 0.3 is 5.97 Å². The molecule has 0 fully saturated rings. The van der Waals surface area contributed by atoms with Crippen LogP contribution in [0.4, 0.5) is 4.39 Å². The Morgan fingerprint density at radius 1 is 1.24 bits per heavy atom. The van der Waals surface area contributed by atoms with E-state index in [-0.39, 0.29) is 17.3 Å². The van der Waals surface area contributed by atoms with E-state index in [1.165, 1.54) is 10.7 Å². The third kappa shape index (κ3) is 2.36. The van der Waals surface area contributed by atoms with Crippen LogP contribution in [0.15, 0.2) is 42.5 Å². The molecule has 2 aromatic carbocycles. The summed E-state index contributed by atoms with van der Waals surface area (Å²) >= 11 is 5.76. The fraction of sp³-hybridized carbons (Fsp3) is 0.0667. The third-order valence-electron chi connectivity index (χ3n) is 3.21. The minimum absolute atomic E-state index is 0.0300. The molecule has 1 aromatic heterocycles. The van der Waals surface area contributed by atoms with Gasteiger partial charge in [-0.05, 0) is 12.1 Å². The summed E-state index contributed by atoms with van der Waals surface area (Å²) in [7, 11) is 0. The van der Waals surface area contributed by atoms with Crippen molar-refractivity contribution >= 4 is 28.5 Å². The zero-order valence-corrected chi connectivity index (χ0v) is 11.5. The molecular formula is C15H10ClFN2O2. The maximum atomic E-state index is 14.0. The molecule has 1 heterocycles. The monoisotopic (exact) mass is 304 g/mol. The second kappa shape index (κ2) is 5.18. The van der Waals surface area contributed by atoms with Gasteiger partial charge in [0.1, 0.15) is 5.82 Å². The van der Waals surface area contributed by atoms with Gasteiger partial charge in [-0.2, -0.15) is 5.10 Å². The number of carboxylic acids is 1. The van der Waals surface area contributed by atoms with Gasteiger partial charge < -0.3 is 5.11 Å². The van der Waals surface area contributed by atoms with Crippen molar-refractivity contribution in [3.63, 3.8) is 0 Å². The lowest BCUT2D eigenvalue weighted by Gasteiger charge is -2.06. The Morgan fingerprint density at radius 3 is 2.76 bits per heavy atom. The second-order valence-corrected chi connectivity index (χ2v) is 4.95. The molecule has 0 spiro atoms. The van der Waals surface area contributed by atoms with E-state index >= 15 is 0 Å². The first-order chi connectivity index (χ1) is 10.1. The minimum Gasteiger partial charge on any atom is -0.476 e. The third-order valence-corrected chi connectivity index (χ3v) is 3.50. The van der Waals surface area contributed by atoms with E-state index in [4.69, 9.17) is 11.6 Å². The molecule has 0 aliphatic heterocycles. The maximum Gasteiger partial charge on any atom is 0.357 e. The van der Waals surface area contributed by atoms with Crippen molar-refractivity contribution in [1.82, 2.24) is 9.78 Å². The second-order valence-electron chi connectivity index (χ2n) is 4.54. The van der Waals surface area contributed by atoms with Gasteiger partial charge in [-0.1, -0.05) is 41.9 Å². The molecule has 0 bridgehead atoms. The molecule has 0 amide bonds. The molecule has 3 rings (SSSR count). The predicted octanol–water partition coefficient (Wildman–Crippen LogP) is 3.58. The highest BCUT2D eigenvalue weighted by molar-refractivity contribution is 6.30. The van der Waals surface area contributed by atoms with Gasteiger partial charge in [-0.15, -0.1) is 0 Å². The minimum atomic E-state index is -1.11. The molecule has 4 nitrogen and oxygen atoms in total. The van der Waals surface area contributed by atoms with E-state index in [0.29, 0.717) is 16.5 Å². The van der Waals surface area contributed by atoms with Crippen LogP contribution in [0.3, 0.4) is 0 Å². The lowest BCUT2D eigenvalue weighted by molar-refractivity contribution is 0.0691. The number of halogens is 2. The summed E-state index contributed by atoms with van der Waals surface area (Å²) in [6.07, 6.45) is 0. The summed E-state index contributed by atoms with van der Waals surface area (Å²) in [5, 5.41) is 13.8. The van der Waals surface area contributed by atoms with Crippen molar-refractivity contribution in [2.45, 2.75) is 6.54 Å². The van der Waals surface area contributed by atoms with Crippen LogP contribution in [0.25, 0.3) is 10.9 Å². The molecule has 0 unspecified atom stereocenters. The highest BCUT2D eigenvalue weighted by Gasteiger charge is 2.17. The number of carbonyl (C=O) groups is 1. The number of hydrogen-bond acceptors (Lipinski definition) is 2. The standard InChI is InChI=1S/C15H10ClFN2O2/c16-11-6-3-4-9(13(11)17)8-19-12-7-2-1-5-10(12)14(18-19)15(20)21/h1-7H,8H2,(H,20,21). The van der Waals surface area contributed by atoms with Crippen molar-refractivity contribution in [2.75, 3.05) is 0 Å². The van der Waals surface area contributed by atoms with Crippen LogP contribution in [-0.2, 0) is 6.54 Å². The smallest absolute Gasteiger partial charge is 0.357 e. The Labute approximate surface area is 124 Å². The normalized spacial score (nSPS) is 11.0. The molecule has 0 saturated carbocycles. The number of rotatable bonds is 3. The lowest BCUT2D eigenvalue weighted by atomic mass is 10.2. The first-order valence-corrected chi connectivity index (χ1v) is 6.57. The van der Waals surface area contributed by atoms with Gasteiger partial charge in [-0.3, -0.25) is 4.68 Å². The Bertz CT molecular complexity index is 845. The van der Waals surface area contributed by atoms with Gasteiger partial charge in [0.15, 0.2) is 5.69 Å². The number of aromatic nitrogens is 2. The van der Waals surface area contributed by atoms with E-state index in [9.17, 15) is 14.3 Å². The number of aromatic carboxylic acids is 1. The molecule has 106 valence electrons. The van der Waals surface area contributed by atoms with Crippen LogP contribution in [0.1, 0.15) is 16.1 Å². The number of benzene rings is 2. The fourth-order valence-corrected chi connectivity index (χ4v) is 2.43. The van der Waals surface area contributed by atoms with Crippen molar-refractivity contribution in [3.8, 4) is 0 Å². The number of fused-ring (bicyclic) bond motifs is 1. The average Bonchev–Trinajstić information content (AvgIpc) is 2.83. The van der Waals surface area contributed by atoms with E-state index in [1.807, 2.05) is 0 Å². The first-order valence-electron chi connectivity index (χ1n) is 6.19. The Hall–Kier alpha value is -2.40. The Morgan fingerprint density at radius 2 is 2.00 bits per heavy atom. The fourth-order valence-electron chi connectivity index (χ4n) is 2.24. The van der Waals surface area contributed by atoms with Crippen LogP contribution in [0.5, 0.6) is 0 Å². The summed E-state index contributed by atoms with van der Waals surface area (Å²) in [4.78, 5) is 11.2. The maximum absolute atomic E-state index is 14.0. The molecular weight excluding hydrogens is 295 g/mol. The molecule has 0 radical (unpaired) electrons. The molecule has 0 aliphatic carbocycles. The highest BCUT2D eigenvalue weighted by Crippen LogP contribution is 2.22. The first kappa shape index (κ1) is 13.6. The van der Waals surface area contributed by atoms with Crippen molar-refractivity contribution in [3.05, 3.63) is 64.6 Å². The van der Waals surface area contributed by atoms with Crippen LogP contribution in [0.2, 0.25) is 5.02 Å². The summed E-state index contributed by atoms with van der Waals surface area (Å²) < 4.78 is 15.4. The van der Waals surface area contributed by atoms with Crippen LogP contribution >= 0.6 is 11.6 Å². The molecule has 21 heavy (non-hydrogen) atoms. The summed E-state index contributed by atoms with van der Waals surface area (Å²) in [5.41, 5.74) is 0.940. The van der Waals surface area contributed by atoms with Crippen LogP contribution in [0, 0.1) is 5.82 Å². The highest BCUT2D eigenvalue weighted by atomic mass is 35.5. The summed E-state index contributed by atoms with van der Waals surface area (Å²) in [6, 6.07) is 11.6. The van der Waals surface area contributed by atoms with Crippen LogP contribution < -0.4 is 0 Å². The Kier molecular flexibility index (Phi) is 3.35. The van der Waals surface area contributed by atoms with Gasteiger partial charge in [-0.25, -0.2) is 9.18 Å². The van der Waals surface area contributed by atoms with Gasteiger partial charge in [0.25, 0.3) is 0 Å². The van der Waals surface area contributed by atoms with Crippen molar-refractivity contribution in [2.24, 2.45) is 0 Å². The van der Waals surface area contributed by atoms with E-state index < -0.39 is 11.8 Å². The molecule has 1 N–H and O–H groups in total. The number of nitrogens with zero attached hydrogens (tertiary/aromatic N) is 2. The number of hydrogen-bond donors (Lipinski definition) is 1. The predicted molar refractivity (Wildman–Crippen MR) is 77.2 cm³/mol. The molecule has 3 aromatic rings. The van der Waals surface area contributed by atoms with Crippen LogP contribution in [-0.4, -0.2) is 20.9 Å². The zero-order valence-electron chi connectivity index (χ0n) is 10.8. The quantitative estimate of drug-likeness (QED) is 0.804. The Balaban J connectivity index is 2.13.